The van der Waals surface area contributed by atoms with Gasteiger partial charge in [0.25, 0.3) is 5.91 Å². The average Bonchev–Trinajstić information content (AvgIpc) is 3.25. The third-order valence-corrected chi connectivity index (χ3v) is 6.81. The number of carbonyl (C=O) groups excluding carboxylic acids is 2. The fourth-order valence-electron chi connectivity index (χ4n) is 5.15. The van der Waals surface area contributed by atoms with Crippen molar-refractivity contribution >= 4 is 17.6 Å². The number of nitrogens with zero attached hydrogens (tertiary/aromatic N) is 1. The van der Waals surface area contributed by atoms with Crippen molar-refractivity contribution in [3.05, 3.63) is 48.0 Å². The molecule has 0 aliphatic carbocycles. The van der Waals surface area contributed by atoms with Crippen LogP contribution in [0.15, 0.2) is 42.5 Å². The van der Waals surface area contributed by atoms with Crippen LogP contribution >= 0.6 is 0 Å². The zero-order valence-electron chi connectivity index (χ0n) is 18.4. The van der Waals surface area contributed by atoms with E-state index in [0.29, 0.717) is 24.6 Å². The second kappa shape index (κ2) is 8.82. The minimum Gasteiger partial charge on any atom is -0.479 e. The number of ether oxygens (including phenoxy) is 1. The maximum Gasteiger partial charge on any atom is 0.319 e. The van der Waals surface area contributed by atoms with E-state index in [1.807, 2.05) is 49.4 Å². The van der Waals surface area contributed by atoms with E-state index in [1.165, 1.54) is 12.8 Å². The number of hydrogen-bond acceptors (Lipinski definition) is 4. The topological polar surface area (TPSA) is 82.7 Å². The molecule has 0 aromatic heterocycles. The van der Waals surface area contributed by atoms with Crippen LogP contribution in [-0.4, -0.2) is 55.2 Å². The predicted molar refractivity (Wildman–Crippen MR) is 124 cm³/mol. The summed E-state index contributed by atoms with van der Waals surface area (Å²) in [4.78, 5) is 27.4. The molecule has 2 bridgehead atoms. The number of benzene rings is 2. The van der Waals surface area contributed by atoms with E-state index in [-0.39, 0.29) is 18.0 Å². The molecule has 0 spiro atoms. The minimum atomic E-state index is -0.502. The number of fused-ring (bicyclic) bond motifs is 4. The zero-order chi connectivity index (χ0) is 22.1. The number of hydrogen-bond donors (Lipinski definition) is 3. The summed E-state index contributed by atoms with van der Waals surface area (Å²) in [5.74, 6) is 1.33. The summed E-state index contributed by atoms with van der Waals surface area (Å²) in [5.41, 5.74) is 3.62. The van der Waals surface area contributed by atoms with E-state index >= 15 is 0 Å². The third-order valence-electron chi connectivity index (χ3n) is 6.81. The molecule has 4 aliphatic rings. The Morgan fingerprint density at radius 2 is 1.94 bits per heavy atom. The lowest BCUT2D eigenvalue weighted by Crippen LogP contribution is -2.58. The zero-order valence-corrected chi connectivity index (χ0v) is 18.4. The molecule has 4 aliphatic heterocycles. The Labute approximate surface area is 188 Å². The standard InChI is InChI=1S/C25H30N4O3/c1-2-26-25(31)27-19-7-3-5-17(13-19)20-8-4-6-18-14-22(32-23(18)20)24(30)28-21-15-29-11-9-16(21)10-12-29/h3-8,13,16,21-22H,2,9-12,14-15H2,1H3,(H,28,30)(H2,26,27,31)/t21-,22?/m0/s1. The number of piperidine rings is 3. The van der Waals surface area contributed by atoms with E-state index in [4.69, 9.17) is 4.74 Å². The molecular weight excluding hydrogens is 404 g/mol. The normalized spacial score (nSPS) is 25.5. The fraction of sp³-hybridized carbons (Fsp3) is 0.440. The first-order valence-corrected chi connectivity index (χ1v) is 11.6. The summed E-state index contributed by atoms with van der Waals surface area (Å²) in [5, 5.41) is 8.85. The van der Waals surface area contributed by atoms with Crippen molar-refractivity contribution < 1.29 is 14.3 Å². The first-order valence-electron chi connectivity index (χ1n) is 11.6. The molecule has 3 N–H and O–H groups in total. The second-order valence-corrected chi connectivity index (χ2v) is 8.92. The molecule has 7 heteroatoms. The molecule has 1 unspecified atom stereocenters. The van der Waals surface area contributed by atoms with Crippen molar-refractivity contribution in [3.8, 4) is 16.9 Å². The van der Waals surface area contributed by atoms with E-state index in [1.54, 1.807) is 0 Å². The van der Waals surface area contributed by atoms with Crippen molar-refractivity contribution in [2.45, 2.75) is 38.3 Å². The summed E-state index contributed by atoms with van der Waals surface area (Å²) >= 11 is 0. The lowest BCUT2D eigenvalue weighted by atomic mass is 9.84. The summed E-state index contributed by atoms with van der Waals surface area (Å²) in [6.45, 7) is 5.70. The van der Waals surface area contributed by atoms with Crippen LogP contribution in [0.25, 0.3) is 11.1 Å². The van der Waals surface area contributed by atoms with Gasteiger partial charge in [0.2, 0.25) is 0 Å². The van der Waals surface area contributed by atoms with Gasteiger partial charge in [-0.15, -0.1) is 0 Å². The van der Waals surface area contributed by atoms with Gasteiger partial charge in [0, 0.05) is 36.8 Å². The maximum atomic E-state index is 13.0. The van der Waals surface area contributed by atoms with Gasteiger partial charge < -0.3 is 25.6 Å². The number of urea groups is 1. The van der Waals surface area contributed by atoms with Crippen LogP contribution < -0.4 is 20.7 Å². The van der Waals surface area contributed by atoms with E-state index in [0.717, 1.165) is 42.1 Å². The lowest BCUT2D eigenvalue weighted by molar-refractivity contribution is -0.129. The Morgan fingerprint density at radius 3 is 2.69 bits per heavy atom. The van der Waals surface area contributed by atoms with Gasteiger partial charge in [-0.05, 0) is 62.0 Å². The Hall–Kier alpha value is -3.06. The van der Waals surface area contributed by atoms with Crippen LogP contribution in [0.2, 0.25) is 0 Å². The molecule has 3 fully saturated rings. The molecule has 32 heavy (non-hydrogen) atoms. The molecule has 2 atom stereocenters. The van der Waals surface area contributed by atoms with Gasteiger partial charge >= 0.3 is 6.03 Å². The highest BCUT2D eigenvalue weighted by molar-refractivity contribution is 5.90. The first-order chi connectivity index (χ1) is 15.6. The summed E-state index contributed by atoms with van der Waals surface area (Å²) in [6.07, 6.45) is 2.41. The number of anilines is 1. The third kappa shape index (κ3) is 4.17. The van der Waals surface area contributed by atoms with Gasteiger partial charge in [0.05, 0.1) is 0 Å². The van der Waals surface area contributed by atoms with Gasteiger partial charge in [-0.3, -0.25) is 4.79 Å². The molecule has 2 aromatic carbocycles. The van der Waals surface area contributed by atoms with Gasteiger partial charge in [0.15, 0.2) is 6.10 Å². The van der Waals surface area contributed by atoms with Crippen LogP contribution in [0, 0.1) is 5.92 Å². The smallest absolute Gasteiger partial charge is 0.319 e. The molecule has 4 heterocycles. The number of para-hydroxylation sites is 1. The Kier molecular flexibility index (Phi) is 5.74. The largest absolute Gasteiger partial charge is 0.479 e. The maximum absolute atomic E-state index is 13.0. The summed E-state index contributed by atoms with van der Waals surface area (Å²) < 4.78 is 6.21. The molecule has 0 radical (unpaired) electrons. The monoisotopic (exact) mass is 434 g/mol. The van der Waals surface area contributed by atoms with Crippen molar-refractivity contribution in [1.29, 1.82) is 0 Å². The molecule has 168 valence electrons. The highest BCUT2D eigenvalue weighted by Gasteiger charge is 2.38. The van der Waals surface area contributed by atoms with Crippen molar-refractivity contribution in [3.63, 3.8) is 0 Å². The molecule has 0 saturated carbocycles. The predicted octanol–water partition coefficient (Wildman–Crippen LogP) is 3.01. The first kappa shape index (κ1) is 20.8. The van der Waals surface area contributed by atoms with Gasteiger partial charge in [-0.25, -0.2) is 4.79 Å². The lowest BCUT2D eigenvalue weighted by Gasteiger charge is -2.45. The van der Waals surface area contributed by atoms with Crippen molar-refractivity contribution in [2.24, 2.45) is 5.92 Å². The minimum absolute atomic E-state index is 0.0162. The Balaban J connectivity index is 1.30. The van der Waals surface area contributed by atoms with E-state index < -0.39 is 6.10 Å². The average molecular weight is 435 g/mol. The Morgan fingerprint density at radius 1 is 1.12 bits per heavy atom. The quantitative estimate of drug-likeness (QED) is 0.676. The van der Waals surface area contributed by atoms with E-state index in [9.17, 15) is 9.59 Å². The van der Waals surface area contributed by atoms with Crippen molar-refractivity contribution in [2.75, 3.05) is 31.5 Å². The molecule has 3 saturated heterocycles. The summed E-state index contributed by atoms with van der Waals surface area (Å²) in [6, 6.07) is 13.7. The molecule has 6 rings (SSSR count). The highest BCUT2D eigenvalue weighted by atomic mass is 16.5. The van der Waals surface area contributed by atoms with Crippen LogP contribution in [0.4, 0.5) is 10.5 Å². The van der Waals surface area contributed by atoms with Gasteiger partial charge in [-0.2, -0.15) is 0 Å². The number of carbonyl (C=O) groups is 2. The van der Waals surface area contributed by atoms with Crippen LogP contribution in [0.3, 0.4) is 0 Å². The Bertz CT molecular complexity index is 1020. The fourth-order valence-corrected chi connectivity index (χ4v) is 5.15. The van der Waals surface area contributed by atoms with Crippen molar-refractivity contribution in [1.82, 2.24) is 15.5 Å². The molecule has 2 aromatic rings. The number of amides is 3. The van der Waals surface area contributed by atoms with Gasteiger partial charge in [-0.1, -0.05) is 30.3 Å². The van der Waals surface area contributed by atoms with E-state index in [2.05, 4.69) is 20.9 Å². The molecule has 7 nitrogen and oxygen atoms in total. The molecule has 3 amide bonds. The second-order valence-electron chi connectivity index (χ2n) is 8.92. The van der Waals surface area contributed by atoms with Crippen LogP contribution in [0.1, 0.15) is 25.3 Å². The number of rotatable bonds is 5. The number of nitrogens with one attached hydrogen (secondary N) is 3. The summed E-state index contributed by atoms with van der Waals surface area (Å²) in [7, 11) is 0. The van der Waals surface area contributed by atoms with Crippen LogP contribution in [0.5, 0.6) is 5.75 Å². The molecular formula is C25H30N4O3. The highest BCUT2D eigenvalue weighted by Crippen LogP contribution is 2.39. The SMILES string of the molecule is CCNC(=O)Nc1cccc(-c2cccc3c2OC(C(=O)N[C@H]2CN4CCC2CC4)C3)c1. The van der Waals surface area contributed by atoms with Gasteiger partial charge in [0.1, 0.15) is 5.75 Å². The van der Waals surface area contributed by atoms with Crippen LogP contribution in [-0.2, 0) is 11.2 Å².